The maximum atomic E-state index is 13.1. The molecule has 0 spiro atoms. The molecule has 1 fully saturated rings. The number of carbonyl (C=O) groups excluding carboxylic acids is 1. The predicted molar refractivity (Wildman–Crippen MR) is 278 cm³/mol. The van der Waals surface area contributed by atoms with Crippen LogP contribution in [0.1, 0.15) is 277 Å². The van der Waals surface area contributed by atoms with Crippen LogP contribution < -0.4 is 5.32 Å². The van der Waals surface area contributed by atoms with Crippen molar-refractivity contribution in [3.8, 4) is 0 Å². The van der Waals surface area contributed by atoms with E-state index in [1.165, 1.54) is 193 Å². The third-order valence-corrected chi connectivity index (χ3v) is 14.3. The molecule has 404 valence electrons. The van der Waals surface area contributed by atoms with Gasteiger partial charge < -0.3 is 35.2 Å². The lowest BCUT2D eigenvalue weighted by Gasteiger charge is -2.41. The van der Waals surface area contributed by atoms with Gasteiger partial charge >= 0.3 is 10.4 Å². The van der Waals surface area contributed by atoms with Crippen LogP contribution in [0.25, 0.3) is 0 Å². The molecular formula is C55H107NO11S. The number of allylic oxidation sites excluding steroid dienone is 2. The molecule has 7 unspecified atom stereocenters. The molecule has 0 bridgehead atoms. The van der Waals surface area contributed by atoms with Crippen LogP contribution in [0.3, 0.4) is 0 Å². The molecule has 0 aromatic heterocycles. The summed E-state index contributed by atoms with van der Waals surface area (Å²) in [6.07, 6.45) is 45.0. The van der Waals surface area contributed by atoms with Gasteiger partial charge in [0.1, 0.15) is 24.4 Å². The van der Waals surface area contributed by atoms with E-state index in [2.05, 4.69) is 35.5 Å². The number of nitrogens with one attached hydrogen (secondary N) is 1. The van der Waals surface area contributed by atoms with Crippen molar-refractivity contribution in [2.45, 2.75) is 320 Å². The third-order valence-electron chi connectivity index (χ3n) is 13.8. The van der Waals surface area contributed by atoms with Crippen LogP contribution in [0, 0.1) is 0 Å². The maximum absolute atomic E-state index is 13.1. The summed E-state index contributed by atoms with van der Waals surface area (Å²) in [4.78, 5) is 13.1. The van der Waals surface area contributed by atoms with Gasteiger partial charge in [-0.15, -0.1) is 0 Å². The van der Waals surface area contributed by atoms with Gasteiger partial charge in [0.2, 0.25) is 5.91 Å². The fourth-order valence-corrected chi connectivity index (χ4v) is 9.91. The van der Waals surface area contributed by atoms with Crippen molar-refractivity contribution < 1.29 is 51.8 Å². The van der Waals surface area contributed by atoms with Crippen molar-refractivity contribution >= 4 is 16.3 Å². The van der Waals surface area contributed by atoms with Gasteiger partial charge in [0, 0.05) is 6.42 Å². The zero-order chi connectivity index (χ0) is 49.8. The van der Waals surface area contributed by atoms with Crippen LogP contribution >= 0.6 is 0 Å². The summed E-state index contributed by atoms with van der Waals surface area (Å²) in [5, 5.41) is 45.1. The molecule has 1 aliphatic heterocycles. The Hall–Kier alpha value is -1.16. The number of amides is 1. The normalized spacial score (nSPS) is 19.8. The third kappa shape index (κ3) is 37.6. The van der Waals surface area contributed by atoms with Crippen LogP contribution in [0.15, 0.2) is 12.2 Å². The zero-order valence-electron chi connectivity index (χ0n) is 43.7. The van der Waals surface area contributed by atoms with Crippen molar-refractivity contribution in [3.05, 3.63) is 12.2 Å². The molecule has 1 aliphatic rings. The summed E-state index contributed by atoms with van der Waals surface area (Å²) >= 11 is 0. The molecule has 0 aromatic carbocycles. The van der Waals surface area contributed by atoms with Gasteiger partial charge in [-0.05, 0) is 38.5 Å². The van der Waals surface area contributed by atoms with Gasteiger partial charge in [0.05, 0.1) is 25.4 Å². The summed E-state index contributed by atoms with van der Waals surface area (Å²) < 4.78 is 47.9. The van der Waals surface area contributed by atoms with Gasteiger partial charge in [-0.3, -0.25) is 9.35 Å². The van der Waals surface area contributed by atoms with E-state index in [1.807, 2.05) is 0 Å². The lowest BCUT2D eigenvalue weighted by atomic mass is 9.99. The molecule has 1 amide bonds. The summed E-state index contributed by atoms with van der Waals surface area (Å²) in [6.45, 7) is 3.48. The molecule has 1 heterocycles. The van der Waals surface area contributed by atoms with E-state index in [9.17, 15) is 38.2 Å². The Balaban J connectivity index is 2.35. The monoisotopic (exact) mass is 990 g/mol. The fourth-order valence-electron chi connectivity index (χ4n) is 9.40. The maximum Gasteiger partial charge on any atom is 0.397 e. The average molecular weight is 991 g/mol. The Kier molecular flexibility index (Phi) is 43.6. The van der Waals surface area contributed by atoms with Gasteiger partial charge in [-0.25, -0.2) is 4.18 Å². The summed E-state index contributed by atoms with van der Waals surface area (Å²) in [5.41, 5.74) is 0. The minimum absolute atomic E-state index is 0.230. The van der Waals surface area contributed by atoms with E-state index in [-0.39, 0.29) is 18.9 Å². The molecule has 0 saturated carbocycles. The topological polar surface area (TPSA) is 192 Å². The Morgan fingerprint density at radius 2 is 0.941 bits per heavy atom. The quantitative estimate of drug-likeness (QED) is 0.0193. The first kappa shape index (κ1) is 64.9. The zero-order valence-corrected chi connectivity index (χ0v) is 44.5. The molecule has 13 heteroatoms. The number of carbonyl (C=O) groups is 1. The molecule has 1 rings (SSSR count). The highest BCUT2D eigenvalue weighted by atomic mass is 32.3. The van der Waals surface area contributed by atoms with Gasteiger partial charge in [0.15, 0.2) is 6.29 Å². The number of ether oxygens (including phenoxy) is 2. The Bertz CT molecular complexity index is 1260. The van der Waals surface area contributed by atoms with E-state index in [0.717, 1.165) is 51.4 Å². The smallest absolute Gasteiger partial charge is 0.394 e. The first-order valence-electron chi connectivity index (χ1n) is 28.6. The molecule has 0 aromatic rings. The number of unbranched alkanes of at least 4 members (excludes halogenated alkanes) is 36. The van der Waals surface area contributed by atoms with Crippen molar-refractivity contribution in [3.63, 3.8) is 0 Å². The highest BCUT2D eigenvalue weighted by molar-refractivity contribution is 7.80. The second-order valence-corrected chi connectivity index (χ2v) is 21.3. The van der Waals surface area contributed by atoms with Crippen LogP contribution in [0.4, 0.5) is 0 Å². The lowest BCUT2D eigenvalue weighted by molar-refractivity contribution is -0.298. The highest BCUT2D eigenvalue weighted by Gasteiger charge is 2.48. The molecule has 68 heavy (non-hydrogen) atoms. The van der Waals surface area contributed by atoms with E-state index in [4.69, 9.17) is 9.47 Å². The van der Waals surface area contributed by atoms with Gasteiger partial charge in [-0.2, -0.15) is 8.42 Å². The van der Waals surface area contributed by atoms with Crippen LogP contribution in [0.5, 0.6) is 0 Å². The first-order chi connectivity index (χ1) is 33.0. The Labute approximate surface area is 417 Å². The second kappa shape index (κ2) is 45.7. The average Bonchev–Trinajstić information content (AvgIpc) is 3.31. The van der Waals surface area contributed by atoms with Gasteiger partial charge in [0.25, 0.3) is 0 Å². The van der Waals surface area contributed by atoms with E-state index in [0.29, 0.717) is 12.8 Å². The minimum Gasteiger partial charge on any atom is -0.394 e. The molecule has 6 N–H and O–H groups in total. The fraction of sp³-hybridized carbons (Fsp3) is 0.945. The number of rotatable bonds is 50. The highest BCUT2D eigenvalue weighted by Crippen LogP contribution is 2.26. The summed E-state index contributed by atoms with van der Waals surface area (Å²) in [5.74, 6) is -0.230. The standard InChI is InChI=1S/C55H107NO11S/c1-3-5-7-9-11-13-15-17-19-21-22-23-24-25-26-27-29-30-32-34-36-38-40-42-44-49(58)48(47-65-55-53(61)54(67-68(62,63)64)52(60)50(46-57)66-55)56-51(59)45-43-41-39-37-35-33-31-28-20-18-16-14-12-10-8-6-4-2/h18,20,48-50,52-55,57-58,60-61H,3-17,19,21-47H2,1-2H3,(H,56,59)(H,62,63,64)/b20-18-. The van der Waals surface area contributed by atoms with E-state index < -0.39 is 59.9 Å². The number of aliphatic hydroxyl groups is 4. The predicted octanol–water partition coefficient (Wildman–Crippen LogP) is 13.1. The van der Waals surface area contributed by atoms with Crippen molar-refractivity contribution in [1.82, 2.24) is 5.32 Å². The van der Waals surface area contributed by atoms with E-state index in [1.54, 1.807) is 0 Å². The molecule has 0 radical (unpaired) electrons. The van der Waals surface area contributed by atoms with Gasteiger partial charge in [-0.1, -0.05) is 244 Å². The lowest BCUT2D eigenvalue weighted by Crippen LogP contribution is -2.61. The largest absolute Gasteiger partial charge is 0.397 e. The van der Waals surface area contributed by atoms with Crippen molar-refractivity contribution in [2.75, 3.05) is 13.2 Å². The number of hydrogen-bond donors (Lipinski definition) is 6. The second-order valence-electron chi connectivity index (χ2n) is 20.2. The van der Waals surface area contributed by atoms with Crippen LogP contribution in [-0.2, 0) is 28.9 Å². The first-order valence-corrected chi connectivity index (χ1v) is 29.9. The summed E-state index contributed by atoms with van der Waals surface area (Å²) in [7, 11) is -5.08. The molecular weight excluding hydrogens is 883 g/mol. The Morgan fingerprint density at radius 1 is 0.574 bits per heavy atom. The summed E-state index contributed by atoms with van der Waals surface area (Å²) in [6, 6.07) is -0.858. The molecule has 7 atom stereocenters. The Morgan fingerprint density at radius 3 is 1.32 bits per heavy atom. The SMILES string of the molecule is CCCCCCCC/C=C\CCCCCCCCCC(=O)NC(COC1OC(CO)C(O)C(OS(=O)(=O)O)C1O)C(O)CCCCCCCCCCCCCCCCCCCCCCCCCC. The number of hydrogen-bond acceptors (Lipinski definition) is 10. The van der Waals surface area contributed by atoms with Crippen molar-refractivity contribution in [2.24, 2.45) is 0 Å². The van der Waals surface area contributed by atoms with Crippen LogP contribution in [-0.4, -0.2) is 95.4 Å². The van der Waals surface area contributed by atoms with E-state index >= 15 is 0 Å². The number of aliphatic hydroxyl groups excluding tert-OH is 4. The molecule has 1 saturated heterocycles. The van der Waals surface area contributed by atoms with Crippen molar-refractivity contribution in [1.29, 1.82) is 0 Å². The molecule has 12 nitrogen and oxygen atoms in total. The molecule has 0 aliphatic carbocycles. The van der Waals surface area contributed by atoms with Crippen LogP contribution in [0.2, 0.25) is 0 Å². The minimum atomic E-state index is -5.08.